The van der Waals surface area contributed by atoms with Gasteiger partial charge in [-0.25, -0.2) is 0 Å². The van der Waals surface area contributed by atoms with Gasteiger partial charge in [0.05, 0.1) is 5.69 Å². The fourth-order valence-electron chi connectivity index (χ4n) is 1.47. The van der Waals surface area contributed by atoms with Gasteiger partial charge in [0.2, 0.25) is 5.56 Å². The SMILES string of the molecule is Cn1cc(NC(=O)c2ccc(Br)cc2)ccc1=O. The number of nitrogens with one attached hydrogen (secondary N) is 1. The summed E-state index contributed by atoms with van der Waals surface area (Å²) >= 11 is 3.31. The van der Waals surface area contributed by atoms with Gasteiger partial charge in [-0.3, -0.25) is 9.59 Å². The summed E-state index contributed by atoms with van der Waals surface area (Å²) in [7, 11) is 1.64. The molecule has 0 bridgehead atoms. The number of pyridine rings is 1. The lowest BCUT2D eigenvalue weighted by Crippen LogP contribution is -2.17. The monoisotopic (exact) mass is 306 g/mol. The number of aromatic nitrogens is 1. The molecule has 5 heteroatoms. The first-order valence-electron chi connectivity index (χ1n) is 5.30. The summed E-state index contributed by atoms with van der Waals surface area (Å²) in [5.74, 6) is -0.207. The number of amides is 1. The number of nitrogens with zero attached hydrogens (tertiary/aromatic N) is 1. The molecule has 1 aromatic heterocycles. The van der Waals surface area contributed by atoms with Gasteiger partial charge in [-0.05, 0) is 30.3 Å². The van der Waals surface area contributed by atoms with Crippen molar-refractivity contribution in [1.29, 1.82) is 0 Å². The Bertz CT molecular complexity index is 632. The minimum absolute atomic E-state index is 0.114. The molecule has 0 radical (unpaired) electrons. The van der Waals surface area contributed by atoms with Gasteiger partial charge in [-0.2, -0.15) is 0 Å². The fourth-order valence-corrected chi connectivity index (χ4v) is 1.74. The maximum atomic E-state index is 11.9. The van der Waals surface area contributed by atoms with Crippen molar-refractivity contribution in [2.45, 2.75) is 0 Å². The molecular weight excluding hydrogens is 296 g/mol. The summed E-state index contributed by atoms with van der Waals surface area (Å²) in [6, 6.07) is 10.0. The van der Waals surface area contributed by atoms with Gasteiger partial charge < -0.3 is 9.88 Å². The Labute approximate surface area is 112 Å². The van der Waals surface area contributed by atoms with Crippen LogP contribution in [0.5, 0.6) is 0 Å². The molecule has 0 spiro atoms. The van der Waals surface area contributed by atoms with Crippen LogP contribution in [0, 0.1) is 0 Å². The van der Waals surface area contributed by atoms with Crippen LogP contribution in [0.25, 0.3) is 0 Å². The molecule has 1 N–H and O–H groups in total. The zero-order valence-electron chi connectivity index (χ0n) is 9.68. The Kier molecular flexibility index (Phi) is 3.62. The maximum absolute atomic E-state index is 11.9. The Morgan fingerprint density at radius 3 is 2.44 bits per heavy atom. The third-order valence-corrected chi connectivity index (χ3v) is 2.98. The third kappa shape index (κ3) is 2.87. The van der Waals surface area contributed by atoms with Crippen LogP contribution in [0.2, 0.25) is 0 Å². The van der Waals surface area contributed by atoms with E-state index in [1.165, 1.54) is 10.6 Å². The molecule has 1 amide bonds. The number of rotatable bonds is 2. The van der Waals surface area contributed by atoms with Gasteiger partial charge in [0.25, 0.3) is 5.91 Å². The van der Waals surface area contributed by atoms with E-state index in [-0.39, 0.29) is 11.5 Å². The minimum Gasteiger partial charge on any atom is -0.321 e. The highest BCUT2D eigenvalue weighted by Crippen LogP contribution is 2.12. The first-order valence-corrected chi connectivity index (χ1v) is 6.09. The molecule has 0 aliphatic heterocycles. The van der Waals surface area contributed by atoms with E-state index < -0.39 is 0 Å². The summed E-state index contributed by atoms with van der Waals surface area (Å²) < 4.78 is 2.33. The molecule has 0 aliphatic carbocycles. The first-order chi connectivity index (χ1) is 8.56. The van der Waals surface area contributed by atoms with E-state index in [1.807, 2.05) is 0 Å². The second kappa shape index (κ2) is 5.18. The highest BCUT2D eigenvalue weighted by Gasteiger charge is 2.06. The standard InChI is InChI=1S/C13H11BrN2O2/c1-16-8-11(6-7-12(16)17)15-13(18)9-2-4-10(14)5-3-9/h2-8H,1H3,(H,15,18). The van der Waals surface area contributed by atoms with Crippen LogP contribution in [-0.4, -0.2) is 10.5 Å². The molecule has 0 unspecified atom stereocenters. The summed E-state index contributed by atoms with van der Waals surface area (Å²) in [5.41, 5.74) is 1.04. The van der Waals surface area contributed by atoms with Crippen molar-refractivity contribution in [3.63, 3.8) is 0 Å². The molecule has 18 heavy (non-hydrogen) atoms. The zero-order valence-corrected chi connectivity index (χ0v) is 11.3. The van der Waals surface area contributed by atoms with Crippen molar-refractivity contribution in [1.82, 2.24) is 4.57 Å². The molecule has 1 aromatic carbocycles. The van der Waals surface area contributed by atoms with Gasteiger partial charge in [0.15, 0.2) is 0 Å². The lowest BCUT2D eigenvalue weighted by atomic mass is 10.2. The number of halogens is 1. The number of benzene rings is 1. The number of hydrogen-bond acceptors (Lipinski definition) is 2. The average Bonchev–Trinajstić information content (AvgIpc) is 2.34. The van der Waals surface area contributed by atoms with Crippen molar-refractivity contribution in [2.24, 2.45) is 7.05 Å². The molecule has 4 nitrogen and oxygen atoms in total. The molecule has 92 valence electrons. The summed E-state index contributed by atoms with van der Waals surface area (Å²) in [4.78, 5) is 23.1. The second-order valence-electron chi connectivity index (χ2n) is 3.83. The van der Waals surface area contributed by atoms with Crippen LogP contribution < -0.4 is 10.9 Å². The maximum Gasteiger partial charge on any atom is 0.255 e. The van der Waals surface area contributed by atoms with E-state index in [0.717, 1.165) is 4.47 Å². The molecule has 1 heterocycles. The van der Waals surface area contributed by atoms with Crippen molar-refractivity contribution in [3.05, 3.63) is 63.0 Å². The highest BCUT2D eigenvalue weighted by atomic mass is 79.9. The van der Waals surface area contributed by atoms with Crippen molar-refractivity contribution >= 4 is 27.5 Å². The fraction of sp³-hybridized carbons (Fsp3) is 0.0769. The van der Waals surface area contributed by atoms with Crippen molar-refractivity contribution < 1.29 is 4.79 Å². The van der Waals surface area contributed by atoms with Gasteiger partial charge in [0.1, 0.15) is 0 Å². The molecule has 0 saturated carbocycles. The molecular formula is C13H11BrN2O2. The van der Waals surface area contributed by atoms with Gasteiger partial charge in [0, 0.05) is 29.3 Å². The van der Waals surface area contributed by atoms with Crippen LogP contribution in [-0.2, 0) is 7.05 Å². The van der Waals surface area contributed by atoms with Crippen LogP contribution in [0.4, 0.5) is 5.69 Å². The summed E-state index contributed by atoms with van der Waals surface area (Å²) in [6.45, 7) is 0. The largest absolute Gasteiger partial charge is 0.321 e. The predicted octanol–water partition coefficient (Wildman–Crippen LogP) is 2.40. The quantitative estimate of drug-likeness (QED) is 0.926. The van der Waals surface area contributed by atoms with E-state index in [0.29, 0.717) is 11.3 Å². The van der Waals surface area contributed by atoms with Crippen LogP contribution in [0.3, 0.4) is 0 Å². The van der Waals surface area contributed by atoms with Crippen LogP contribution >= 0.6 is 15.9 Å². The van der Waals surface area contributed by atoms with Gasteiger partial charge in [-0.15, -0.1) is 0 Å². The third-order valence-electron chi connectivity index (χ3n) is 2.45. The Morgan fingerprint density at radius 2 is 1.83 bits per heavy atom. The van der Waals surface area contributed by atoms with E-state index in [1.54, 1.807) is 43.6 Å². The molecule has 0 atom stereocenters. The Hall–Kier alpha value is -1.88. The van der Waals surface area contributed by atoms with Gasteiger partial charge >= 0.3 is 0 Å². The number of hydrogen-bond donors (Lipinski definition) is 1. The van der Waals surface area contributed by atoms with Crippen LogP contribution in [0.1, 0.15) is 10.4 Å². The second-order valence-corrected chi connectivity index (χ2v) is 4.74. The normalized spacial score (nSPS) is 10.1. The predicted molar refractivity (Wildman–Crippen MR) is 73.8 cm³/mol. The Balaban J connectivity index is 2.18. The Morgan fingerprint density at radius 1 is 1.17 bits per heavy atom. The molecule has 0 saturated heterocycles. The number of carbonyl (C=O) groups excluding carboxylic acids is 1. The number of carbonyl (C=O) groups is 1. The lowest BCUT2D eigenvalue weighted by molar-refractivity contribution is 0.102. The van der Waals surface area contributed by atoms with E-state index in [4.69, 9.17) is 0 Å². The molecule has 2 rings (SSSR count). The van der Waals surface area contributed by atoms with Crippen molar-refractivity contribution in [3.8, 4) is 0 Å². The van der Waals surface area contributed by atoms with Crippen molar-refractivity contribution in [2.75, 3.05) is 5.32 Å². The molecule has 2 aromatic rings. The van der Waals surface area contributed by atoms with E-state index in [9.17, 15) is 9.59 Å². The average molecular weight is 307 g/mol. The zero-order chi connectivity index (χ0) is 13.1. The summed E-state index contributed by atoms with van der Waals surface area (Å²) in [5, 5.41) is 2.73. The highest BCUT2D eigenvalue weighted by molar-refractivity contribution is 9.10. The van der Waals surface area contributed by atoms with Gasteiger partial charge in [-0.1, -0.05) is 15.9 Å². The minimum atomic E-state index is -0.207. The smallest absolute Gasteiger partial charge is 0.255 e. The van der Waals surface area contributed by atoms with Crippen LogP contribution in [0.15, 0.2) is 51.9 Å². The molecule has 0 fully saturated rings. The van der Waals surface area contributed by atoms with E-state index >= 15 is 0 Å². The van der Waals surface area contributed by atoms with E-state index in [2.05, 4.69) is 21.2 Å². The number of anilines is 1. The number of aryl methyl sites for hydroxylation is 1. The topological polar surface area (TPSA) is 51.1 Å². The lowest BCUT2D eigenvalue weighted by Gasteiger charge is -2.06. The first kappa shape index (κ1) is 12.6. The summed E-state index contributed by atoms with van der Waals surface area (Å²) in [6.07, 6.45) is 1.58. The molecule has 0 aliphatic rings.